The summed E-state index contributed by atoms with van der Waals surface area (Å²) in [6, 6.07) is 8.31. The minimum atomic E-state index is -0.945. The maximum absolute atomic E-state index is 12.9. The van der Waals surface area contributed by atoms with Crippen molar-refractivity contribution < 1.29 is 19.4 Å². The molecule has 0 radical (unpaired) electrons. The van der Waals surface area contributed by atoms with Gasteiger partial charge in [-0.25, -0.2) is 0 Å². The van der Waals surface area contributed by atoms with Crippen molar-refractivity contribution in [3.8, 4) is 0 Å². The third kappa shape index (κ3) is 3.96. The summed E-state index contributed by atoms with van der Waals surface area (Å²) in [4.78, 5) is 25.7. The lowest BCUT2D eigenvalue weighted by Crippen LogP contribution is -2.46. The molecule has 3 rings (SSSR count). The van der Waals surface area contributed by atoms with Crippen molar-refractivity contribution >= 4 is 11.9 Å². The normalized spacial score (nSPS) is 21.1. The summed E-state index contributed by atoms with van der Waals surface area (Å²) in [5.41, 5.74) is 2.59. The highest BCUT2D eigenvalue weighted by molar-refractivity contribution is 5.82. The molecule has 1 fully saturated rings. The van der Waals surface area contributed by atoms with Gasteiger partial charge in [-0.15, -0.1) is 0 Å². The van der Waals surface area contributed by atoms with Crippen LogP contribution in [-0.2, 0) is 20.7 Å². The van der Waals surface area contributed by atoms with E-state index in [1.807, 2.05) is 12.1 Å². The van der Waals surface area contributed by atoms with Gasteiger partial charge in [-0.1, -0.05) is 24.3 Å². The molecule has 1 aromatic rings. The molecule has 0 bridgehead atoms. The highest BCUT2D eigenvalue weighted by Crippen LogP contribution is 2.34. The van der Waals surface area contributed by atoms with Gasteiger partial charge in [0, 0.05) is 25.7 Å². The second-order valence-corrected chi connectivity index (χ2v) is 6.75. The van der Waals surface area contributed by atoms with Crippen LogP contribution in [0.25, 0.3) is 0 Å². The molecule has 1 saturated heterocycles. The summed E-state index contributed by atoms with van der Waals surface area (Å²) >= 11 is 0. The molecule has 0 saturated carbocycles. The Bertz CT molecular complexity index is 595. The van der Waals surface area contributed by atoms with Crippen molar-refractivity contribution in [2.45, 2.75) is 50.5 Å². The second-order valence-electron chi connectivity index (χ2n) is 6.75. The summed E-state index contributed by atoms with van der Waals surface area (Å²) in [5.74, 6) is -0.775. The van der Waals surface area contributed by atoms with Crippen LogP contribution in [0.5, 0.6) is 0 Å². The maximum Gasteiger partial charge on any atom is 0.323 e. The van der Waals surface area contributed by atoms with Crippen molar-refractivity contribution in [3.63, 3.8) is 0 Å². The summed E-state index contributed by atoms with van der Waals surface area (Å²) in [7, 11) is 0. The average molecular weight is 331 g/mol. The topological polar surface area (TPSA) is 66.8 Å². The van der Waals surface area contributed by atoms with Crippen LogP contribution in [0.2, 0.25) is 0 Å². The van der Waals surface area contributed by atoms with Crippen molar-refractivity contribution in [3.05, 3.63) is 35.4 Å². The number of ether oxygens (including phenoxy) is 1. The molecule has 1 aliphatic carbocycles. The van der Waals surface area contributed by atoms with Gasteiger partial charge in [-0.3, -0.25) is 9.59 Å². The Balaban J connectivity index is 1.72. The van der Waals surface area contributed by atoms with E-state index >= 15 is 0 Å². The lowest BCUT2D eigenvalue weighted by Gasteiger charge is -2.35. The molecule has 130 valence electrons. The molecule has 1 N–H and O–H groups in total. The summed E-state index contributed by atoms with van der Waals surface area (Å²) in [5, 5.41) is 9.20. The van der Waals surface area contributed by atoms with Crippen LogP contribution in [0.15, 0.2) is 24.3 Å². The predicted molar refractivity (Wildman–Crippen MR) is 89.9 cm³/mol. The number of aryl methyl sites for hydroxylation is 1. The molecule has 5 heteroatoms. The van der Waals surface area contributed by atoms with E-state index in [9.17, 15) is 14.7 Å². The highest BCUT2D eigenvalue weighted by atomic mass is 16.5. The predicted octanol–water partition coefficient (Wildman–Crippen LogP) is 2.59. The Morgan fingerprint density at radius 1 is 1.17 bits per heavy atom. The highest BCUT2D eigenvalue weighted by Gasteiger charge is 2.30. The van der Waals surface area contributed by atoms with Gasteiger partial charge >= 0.3 is 5.97 Å². The smallest absolute Gasteiger partial charge is 0.323 e. The molecule has 24 heavy (non-hydrogen) atoms. The first kappa shape index (κ1) is 17.0. The summed E-state index contributed by atoms with van der Waals surface area (Å²) in [6.45, 7) is 0.985. The molecule has 2 aliphatic rings. The van der Waals surface area contributed by atoms with Crippen molar-refractivity contribution in [1.29, 1.82) is 0 Å². The maximum atomic E-state index is 12.9. The van der Waals surface area contributed by atoms with Crippen LogP contribution in [0.1, 0.15) is 49.1 Å². The Kier molecular flexibility index (Phi) is 5.51. The molecule has 1 amide bonds. The van der Waals surface area contributed by atoms with Crippen molar-refractivity contribution in [2.24, 2.45) is 0 Å². The molecular weight excluding hydrogens is 306 g/mol. The summed E-state index contributed by atoms with van der Waals surface area (Å²) < 4.78 is 5.35. The SMILES string of the molecule is O=C(O)CN(C(=O)C[C@@H]1CCCc2ccccc21)C1CCOCC1. The van der Waals surface area contributed by atoms with Crippen LogP contribution in [0.4, 0.5) is 0 Å². The minimum Gasteiger partial charge on any atom is -0.480 e. The van der Waals surface area contributed by atoms with Gasteiger partial charge in [-0.05, 0) is 49.1 Å². The van der Waals surface area contributed by atoms with Crippen LogP contribution >= 0.6 is 0 Å². The molecule has 0 aromatic heterocycles. The van der Waals surface area contributed by atoms with Crippen LogP contribution in [-0.4, -0.2) is 47.7 Å². The first-order valence-electron chi connectivity index (χ1n) is 8.82. The molecular formula is C19H25NO4. The number of aliphatic carboxylic acids is 1. The van der Waals surface area contributed by atoms with Gasteiger partial charge in [0.05, 0.1) is 0 Å². The van der Waals surface area contributed by atoms with E-state index in [1.54, 1.807) is 4.90 Å². The average Bonchev–Trinajstić information content (AvgIpc) is 2.60. The van der Waals surface area contributed by atoms with E-state index < -0.39 is 5.97 Å². The zero-order valence-electron chi connectivity index (χ0n) is 13.9. The number of nitrogens with zero attached hydrogens (tertiary/aromatic N) is 1. The number of carbonyl (C=O) groups excluding carboxylic acids is 1. The number of fused-ring (bicyclic) bond motifs is 1. The van der Waals surface area contributed by atoms with Crippen LogP contribution < -0.4 is 0 Å². The standard InChI is InChI=1S/C19H25NO4/c21-18(20(13-19(22)23)16-8-10-24-11-9-16)12-15-6-3-5-14-4-1-2-7-17(14)15/h1-2,4,7,15-16H,3,5-6,8-13H2,(H,22,23)/t15-/m0/s1. The number of carboxylic acids is 1. The monoisotopic (exact) mass is 331 g/mol. The third-order valence-electron chi connectivity index (χ3n) is 5.17. The molecule has 0 spiro atoms. The van der Waals surface area contributed by atoms with Crippen LogP contribution in [0, 0.1) is 0 Å². The van der Waals surface area contributed by atoms with Gasteiger partial charge in [-0.2, -0.15) is 0 Å². The molecule has 5 nitrogen and oxygen atoms in total. The Morgan fingerprint density at radius 3 is 2.67 bits per heavy atom. The molecule has 1 atom stereocenters. The van der Waals surface area contributed by atoms with E-state index in [4.69, 9.17) is 4.74 Å². The van der Waals surface area contributed by atoms with Gasteiger partial charge in [0.2, 0.25) is 5.91 Å². The minimum absolute atomic E-state index is 0.0128. The fraction of sp³-hybridized carbons (Fsp3) is 0.579. The first-order valence-corrected chi connectivity index (χ1v) is 8.82. The largest absolute Gasteiger partial charge is 0.480 e. The number of amides is 1. The fourth-order valence-electron chi connectivity index (χ4n) is 3.96. The number of carboxylic acid groups (broad SMARTS) is 1. The number of carbonyl (C=O) groups is 2. The van der Waals surface area contributed by atoms with Crippen molar-refractivity contribution in [1.82, 2.24) is 4.90 Å². The zero-order chi connectivity index (χ0) is 16.9. The molecule has 1 aromatic carbocycles. The van der Waals surface area contributed by atoms with Crippen molar-refractivity contribution in [2.75, 3.05) is 19.8 Å². The van der Waals surface area contributed by atoms with Gasteiger partial charge in [0.25, 0.3) is 0 Å². The molecule has 1 aliphatic heterocycles. The van der Waals surface area contributed by atoms with Crippen LogP contribution in [0.3, 0.4) is 0 Å². The zero-order valence-corrected chi connectivity index (χ0v) is 13.9. The third-order valence-corrected chi connectivity index (χ3v) is 5.17. The quantitative estimate of drug-likeness (QED) is 0.900. The van der Waals surface area contributed by atoms with E-state index in [2.05, 4.69) is 12.1 Å². The Morgan fingerprint density at radius 2 is 1.92 bits per heavy atom. The molecule has 0 unspecified atom stereocenters. The fourth-order valence-corrected chi connectivity index (χ4v) is 3.96. The van der Waals surface area contributed by atoms with E-state index in [0.717, 1.165) is 32.1 Å². The van der Waals surface area contributed by atoms with E-state index in [1.165, 1.54) is 11.1 Å². The van der Waals surface area contributed by atoms with E-state index in [-0.39, 0.29) is 24.4 Å². The number of hydrogen-bond acceptors (Lipinski definition) is 3. The van der Waals surface area contributed by atoms with Gasteiger partial charge < -0.3 is 14.7 Å². The van der Waals surface area contributed by atoms with Gasteiger partial charge in [0.15, 0.2) is 0 Å². The summed E-state index contributed by atoms with van der Waals surface area (Å²) in [6.07, 6.45) is 5.00. The molecule has 1 heterocycles. The second kappa shape index (κ2) is 7.79. The number of benzene rings is 1. The number of hydrogen-bond donors (Lipinski definition) is 1. The number of rotatable bonds is 5. The lowest BCUT2D eigenvalue weighted by atomic mass is 9.81. The Hall–Kier alpha value is -1.88. The first-order chi connectivity index (χ1) is 11.6. The lowest BCUT2D eigenvalue weighted by molar-refractivity contribution is -0.148. The van der Waals surface area contributed by atoms with Gasteiger partial charge in [0.1, 0.15) is 6.54 Å². The Labute approximate surface area is 142 Å². The van der Waals surface area contributed by atoms with E-state index in [0.29, 0.717) is 19.6 Å².